The van der Waals surface area contributed by atoms with Crippen LogP contribution in [0.25, 0.3) is 11.1 Å². The maximum atomic E-state index is 12.9. The van der Waals surface area contributed by atoms with E-state index in [-0.39, 0.29) is 24.3 Å². The van der Waals surface area contributed by atoms with Gasteiger partial charge in [0, 0.05) is 39.8 Å². The highest BCUT2D eigenvalue weighted by Crippen LogP contribution is 2.31. The van der Waals surface area contributed by atoms with Crippen molar-refractivity contribution in [1.29, 1.82) is 4.78 Å². The van der Waals surface area contributed by atoms with Crippen molar-refractivity contribution in [2.45, 2.75) is 24.0 Å². The molecular weight excluding hydrogens is 559 g/mol. The van der Waals surface area contributed by atoms with Crippen LogP contribution in [0.4, 0.5) is 46.8 Å². The predicted molar refractivity (Wildman–Crippen MR) is 152 cm³/mol. The second-order valence-electron chi connectivity index (χ2n) is 8.89. The number of benzene rings is 3. The van der Waals surface area contributed by atoms with Crippen molar-refractivity contribution in [3.05, 3.63) is 84.6 Å². The summed E-state index contributed by atoms with van der Waals surface area (Å²) in [6.07, 6.45) is -2.96. The summed E-state index contributed by atoms with van der Waals surface area (Å²) in [5, 5.41) is 20.7. The minimum Gasteiger partial charge on any atom is -0.394 e. The Labute approximate surface area is 235 Å². The Morgan fingerprint density at radius 1 is 1.00 bits per heavy atom. The van der Waals surface area contributed by atoms with Gasteiger partial charge in [0.2, 0.25) is 5.95 Å². The monoisotopic (exact) mass is 585 g/mol. The van der Waals surface area contributed by atoms with Crippen LogP contribution in [0.1, 0.15) is 12.5 Å². The number of carbonyl (C=O) groups is 1. The average Bonchev–Trinajstić information content (AvgIpc) is 2.93. The Kier molecular flexibility index (Phi) is 9.04. The van der Waals surface area contributed by atoms with Gasteiger partial charge in [0.05, 0.1) is 22.8 Å². The number of anilines is 5. The topological polar surface area (TPSA) is 152 Å². The first kappa shape index (κ1) is 29.3. The molecule has 2 atom stereocenters. The molecule has 0 spiro atoms. The summed E-state index contributed by atoms with van der Waals surface area (Å²) in [5.41, 5.74) is 1.34. The van der Waals surface area contributed by atoms with Gasteiger partial charge in [-0.25, -0.2) is 14.0 Å². The van der Waals surface area contributed by atoms with Crippen molar-refractivity contribution in [2.24, 2.45) is 0 Å². The molecular formula is C27H26F3N7O3S. The number of aliphatic hydroxyl groups is 1. The molecule has 14 heteroatoms. The van der Waals surface area contributed by atoms with E-state index >= 15 is 0 Å². The summed E-state index contributed by atoms with van der Waals surface area (Å²) in [5.74, 6) is 0.637. The molecule has 0 radical (unpaired) electrons. The van der Waals surface area contributed by atoms with E-state index < -0.39 is 28.4 Å². The Morgan fingerprint density at radius 3 is 2.37 bits per heavy atom. The number of hydrogen-bond donors (Lipinski definition) is 7. The summed E-state index contributed by atoms with van der Waals surface area (Å²) in [4.78, 5) is 21.6. The number of hydrogen-bond acceptors (Lipinski definition) is 8. The zero-order valence-electron chi connectivity index (χ0n) is 21.5. The van der Waals surface area contributed by atoms with Gasteiger partial charge in [0.15, 0.2) is 0 Å². The van der Waals surface area contributed by atoms with Gasteiger partial charge in [-0.3, -0.25) is 4.78 Å². The number of nitrogens with one attached hydrogen (secondary N) is 5. The van der Waals surface area contributed by atoms with Crippen LogP contribution < -0.4 is 21.3 Å². The third-order valence-electron chi connectivity index (χ3n) is 5.68. The zero-order valence-corrected chi connectivity index (χ0v) is 22.4. The number of amides is 2. The highest BCUT2D eigenvalue weighted by Gasteiger charge is 2.30. The van der Waals surface area contributed by atoms with Crippen molar-refractivity contribution in [1.82, 2.24) is 9.97 Å². The van der Waals surface area contributed by atoms with Crippen LogP contribution in [-0.4, -0.2) is 38.0 Å². The molecule has 4 aromatic rings. The van der Waals surface area contributed by atoms with Crippen LogP contribution in [0.5, 0.6) is 0 Å². The van der Waals surface area contributed by atoms with Crippen LogP contribution >= 0.6 is 0 Å². The molecule has 3 aromatic carbocycles. The minimum absolute atomic E-state index is 0.00579. The lowest BCUT2D eigenvalue weighted by atomic mass is 10.1. The number of halogens is 3. The van der Waals surface area contributed by atoms with E-state index in [9.17, 15) is 27.3 Å². The number of rotatable bonds is 9. The third-order valence-corrected chi connectivity index (χ3v) is 6.43. The van der Waals surface area contributed by atoms with E-state index in [0.717, 1.165) is 12.1 Å². The maximum Gasteiger partial charge on any atom is 0.416 e. The van der Waals surface area contributed by atoms with Crippen LogP contribution in [0.2, 0.25) is 0 Å². The van der Waals surface area contributed by atoms with Crippen LogP contribution in [-0.2, 0) is 16.8 Å². The lowest BCUT2D eigenvalue weighted by Crippen LogP contribution is -2.21. The van der Waals surface area contributed by atoms with Gasteiger partial charge < -0.3 is 26.4 Å². The summed E-state index contributed by atoms with van der Waals surface area (Å²) in [6.45, 7) is 1.61. The molecule has 6 N–H and O–H groups in total. The molecule has 2 amide bonds. The molecule has 0 aliphatic carbocycles. The Balaban J connectivity index is 1.51. The van der Waals surface area contributed by atoms with Crippen molar-refractivity contribution in [3.8, 4) is 11.1 Å². The van der Waals surface area contributed by atoms with Gasteiger partial charge in [-0.2, -0.15) is 18.2 Å². The van der Waals surface area contributed by atoms with Gasteiger partial charge >= 0.3 is 12.2 Å². The van der Waals surface area contributed by atoms with Gasteiger partial charge in [-0.1, -0.05) is 24.3 Å². The van der Waals surface area contributed by atoms with Crippen LogP contribution in [0.3, 0.4) is 0 Å². The molecule has 1 aromatic heterocycles. The number of urea groups is 1. The fraction of sp³-hybridized carbons (Fsp3) is 0.148. The quantitative estimate of drug-likeness (QED) is 0.120. The standard InChI is InChI=1S/C27H26F3N7O3S/c1-16(15-38)33-24-23(14-32-25(37-24)34-21-6-3-7-22(13-21)41(31)40)17-8-10-19(11-9-17)35-26(39)36-20-5-2-4-18(12-20)27(28,29)30/h2-14,16,31,38,41H,15H2,1H3,(H2,35,36,39)(H2,32,33,34,37). The summed E-state index contributed by atoms with van der Waals surface area (Å²) in [7, 11) is -2.26. The molecule has 4 rings (SSSR count). The molecule has 2 unspecified atom stereocenters. The summed E-state index contributed by atoms with van der Waals surface area (Å²) >= 11 is 0. The second-order valence-corrected chi connectivity index (χ2v) is 9.99. The number of aromatic nitrogens is 2. The van der Waals surface area contributed by atoms with Crippen molar-refractivity contribution in [2.75, 3.05) is 27.9 Å². The highest BCUT2D eigenvalue weighted by atomic mass is 32.2. The molecule has 0 saturated heterocycles. The molecule has 0 aliphatic heterocycles. The fourth-order valence-electron chi connectivity index (χ4n) is 3.68. The number of alkyl halides is 3. The second kappa shape index (κ2) is 12.7. The van der Waals surface area contributed by atoms with Crippen LogP contribution in [0, 0.1) is 4.78 Å². The molecule has 41 heavy (non-hydrogen) atoms. The predicted octanol–water partition coefficient (Wildman–Crippen LogP) is 5.94. The van der Waals surface area contributed by atoms with Gasteiger partial charge in [0.25, 0.3) is 0 Å². The largest absolute Gasteiger partial charge is 0.416 e. The van der Waals surface area contributed by atoms with E-state index in [1.807, 2.05) is 0 Å². The van der Waals surface area contributed by atoms with Gasteiger partial charge in [-0.05, 0) is 61.0 Å². The van der Waals surface area contributed by atoms with Crippen molar-refractivity contribution < 1.29 is 27.3 Å². The lowest BCUT2D eigenvalue weighted by Gasteiger charge is -2.17. The third kappa shape index (κ3) is 7.93. The number of carbonyl (C=O) groups excluding carboxylic acids is 1. The molecule has 214 valence electrons. The summed E-state index contributed by atoms with van der Waals surface area (Å²) in [6, 6.07) is 16.4. The molecule has 0 fully saturated rings. The Bertz CT molecular complexity index is 1600. The number of aliphatic hydroxyl groups excluding tert-OH is 1. The Hall–Kier alpha value is -4.69. The van der Waals surface area contributed by atoms with Crippen molar-refractivity contribution in [3.63, 3.8) is 0 Å². The summed E-state index contributed by atoms with van der Waals surface area (Å²) < 4.78 is 57.8. The zero-order chi connectivity index (χ0) is 29.6. The SMILES string of the molecule is CC(CO)Nc1nc(Nc2cccc([SH](=N)=O)c2)ncc1-c1ccc(NC(=O)Nc2cccc(C(F)(F)F)c2)cc1. The van der Waals surface area contributed by atoms with Crippen molar-refractivity contribution >= 4 is 45.5 Å². The lowest BCUT2D eigenvalue weighted by molar-refractivity contribution is -0.137. The molecule has 0 saturated carbocycles. The average molecular weight is 586 g/mol. The van der Waals surface area contributed by atoms with Gasteiger partial charge in [0.1, 0.15) is 5.82 Å². The first-order chi connectivity index (χ1) is 19.5. The molecule has 1 heterocycles. The first-order valence-electron chi connectivity index (χ1n) is 12.2. The number of thiol groups is 1. The normalized spacial score (nSPS) is 12.7. The molecule has 0 bridgehead atoms. The van der Waals surface area contributed by atoms with E-state index in [4.69, 9.17) is 4.78 Å². The molecule has 10 nitrogen and oxygen atoms in total. The molecule has 0 aliphatic rings. The van der Waals surface area contributed by atoms with Gasteiger partial charge in [-0.15, -0.1) is 0 Å². The Morgan fingerprint density at radius 2 is 1.68 bits per heavy atom. The first-order valence-corrected chi connectivity index (χ1v) is 13.4. The fourth-order valence-corrected chi connectivity index (χ4v) is 4.16. The minimum atomic E-state index is -4.53. The van der Waals surface area contributed by atoms with E-state index in [1.165, 1.54) is 12.1 Å². The van der Waals surface area contributed by atoms with E-state index in [1.54, 1.807) is 61.7 Å². The van der Waals surface area contributed by atoms with E-state index in [0.29, 0.717) is 33.2 Å². The van der Waals surface area contributed by atoms with Crippen LogP contribution in [0.15, 0.2) is 83.9 Å². The highest BCUT2D eigenvalue weighted by molar-refractivity contribution is 7.73. The van der Waals surface area contributed by atoms with E-state index in [2.05, 4.69) is 31.2 Å². The maximum absolute atomic E-state index is 12.9. The number of nitrogens with zero attached hydrogens (tertiary/aromatic N) is 2. The smallest absolute Gasteiger partial charge is 0.394 e.